The van der Waals surface area contributed by atoms with Crippen LogP contribution in [0.1, 0.15) is 5.56 Å². The van der Waals surface area contributed by atoms with Gasteiger partial charge in [-0.05, 0) is 17.7 Å². The van der Waals surface area contributed by atoms with Crippen molar-refractivity contribution in [3.63, 3.8) is 0 Å². The van der Waals surface area contributed by atoms with E-state index in [4.69, 9.17) is 9.47 Å². The van der Waals surface area contributed by atoms with Crippen molar-refractivity contribution >= 4 is 15.9 Å². The molecule has 0 aromatic heterocycles. The highest BCUT2D eigenvalue weighted by molar-refractivity contribution is 9.10. The zero-order valence-corrected chi connectivity index (χ0v) is 10.4. The van der Waals surface area contributed by atoms with Crippen molar-refractivity contribution in [2.45, 2.75) is 18.8 Å². The highest BCUT2D eigenvalue weighted by Crippen LogP contribution is 2.14. The molecule has 1 aromatic rings. The van der Waals surface area contributed by atoms with E-state index < -0.39 is 12.4 Å². The van der Waals surface area contributed by atoms with Gasteiger partial charge in [0.05, 0.1) is 0 Å². The summed E-state index contributed by atoms with van der Waals surface area (Å²) in [4.78, 5) is 0. The minimum atomic E-state index is -0.658. The van der Waals surface area contributed by atoms with Crippen LogP contribution in [-0.4, -0.2) is 31.7 Å². The van der Waals surface area contributed by atoms with E-state index in [1.54, 1.807) is 0 Å². The lowest BCUT2D eigenvalue weighted by Gasteiger charge is -2.19. The molecule has 0 saturated heterocycles. The van der Waals surface area contributed by atoms with E-state index in [1.807, 2.05) is 24.3 Å². The number of hydrogen-bond donors (Lipinski definition) is 1. The largest absolute Gasteiger partial charge is 0.387 e. The van der Waals surface area contributed by atoms with Gasteiger partial charge in [0.1, 0.15) is 6.10 Å². The molecule has 0 heterocycles. The Morgan fingerprint density at radius 1 is 1.33 bits per heavy atom. The van der Waals surface area contributed by atoms with Gasteiger partial charge in [-0.15, -0.1) is 0 Å². The van der Waals surface area contributed by atoms with Gasteiger partial charge in [0, 0.05) is 25.1 Å². The minimum Gasteiger partial charge on any atom is -0.387 e. The maximum atomic E-state index is 9.79. The number of benzene rings is 1. The maximum Gasteiger partial charge on any atom is 0.183 e. The van der Waals surface area contributed by atoms with Crippen LogP contribution in [0.4, 0.5) is 0 Å². The Bertz CT molecular complexity index is 300. The predicted molar refractivity (Wildman–Crippen MR) is 61.7 cm³/mol. The maximum absolute atomic E-state index is 9.79. The fraction of sp³-hybridized carbons (Fsp3) is 0.455. The fourth-order valence-electron chi connectivity index (χ4n) is 1.41. The highest BCUT2D eigenvalue weighted by Gasteiger charge is 2.18. The normalized spacial score (nSPS) is 13.1. The lowest BCUT2D eigenvalue weighted by Crippen LogP contribution is -2.31. The summed E-state index contributed by atoms with van der Waals surface area (Å²) in [5, 5.41) is 9.79. The van der Waals surface area contributed by atoms with Crippen LogP contribution in [0.2, 0.25) is 0 Å². The van der Waals surface area contributed by atoms with Crippen LogP contribution in [0.3, 0.4) is 0 Å². The van der Waals surface area contributed by atoms with Crippen LogP contribution < -0.4 is 0 Å². The van der Waals surface area contributed by atoms with Gasteiger partial charge in [-0.25, -0.2) is 0 Å². The molecular formula is C11H15BrO3. The zero-order chi connectivity index (χ0) is 11.3. The van der Waals surface area contributed by atoms with Gasteiger partial charge < -0.3 is 14.6 Å². The number of halogens is 1. The summed E-state index contributed by atoms with van der Waals surface area (Å²) in [6.07, 6.45) is -0.732. The van der Waals surface area contributed by atoms with E-state index in [9.17, 15) is 5.11 Å². The van der Waals surface area contributed by atoms with Crippen LogP contribution in [0.5, 0.6) is 0 Å². The quantitative estimate of drug-likeness (QED) is 0.835. The third-order valence-corrected chi connectivity index (χ3v) is 2.61. The van der Waals surface area contributed by atoms with Crippen molar-refractivity contribution in [1.82, 2.24) is 0 Å². The lowest BCUT2D eigenvalue weighted by atomic mass is 10.1. The third kappa shape index (κ3) is 3.91. The Morgan fingerprint density at radius 3 is 2.53 bits per heavy atom. The Morgan fingerprint density at radius 2 is 2.00 bits per heavy atom. The molecule has 15 heavy (non-hydrogen) atoms. The molecule has 0 aliphatic carbocycles. The molecule has 0 bridgehead atoms. The summed E-state index contributed by atoms with van der Waals surface area (Å²) in [6, 6.07) is 7.79. The molecule has 0 fully saturated rings. The smallest absolute Gasteiger partial charge is 0.183 e. The molecule has 1 aromatic carbocycles. The van der Waals surface area contributed by atoms with E-state index in [0.717, 1.165) is 10.0 Å². The summed E-state index contributed by atoms with van der Waals surface area (Å²) >= 11 is 3.38. The molecule has 0 spiro atoms. The van der Waals surface area contributed by atoms with Crippen LogP contribution in [0, 0.1) is 0 Å². The zero-order valence-electron chi connectivity index (χ0n) is 8.81. The van der Waals surface area contributed by atoms with Crippen molar-refractivity contribution in [1.29, 1.82) is 0 Å². The first kappa shape index (κ1) is 12.6. The van der Waals surface area contributed by atoms with Crippen LogP contribution in [0.25, 0.3) is 0 Å². The number of hydrogen-bond acceptors (Lipinski definition) is 3. The molecule has 1 unspecified atom stereocenters. The standard InChI is InChI=1S/C11H15BrO3/c1-14-11(15-2)10(13)7-8-4-3-5-9(12)6-8/h3-6,10-11,13H,7H2,1-2H3. The Balaban J connectivity index is 2.61. The molecule has 1 rings (SSSR count). The van der Waals surface area contributed by atoms with E-state index in [1.165, 1.54) is 14.2 Å². The van der Waals surface area contributed by atoms with Crippen molar-refractivity contribution in [2.24, 2.45) is 0 Å². The van der Waals surface area contributed by atoms with Gasteiger partial charge >= 0.3 is 0 Å². The van der Waals surface area contributed by atoms with Gasteiger partial charge in [0.2, 0.25) is 0 Å². The second kappa shape index (κ2) is 6.23. The second-order valence-electron chi connectivity index (χ2n) is 3.24. The predicted octanol–water partition coefficient (Wildman–Crippen LogP) is 1.97. The first-order chi connectivity index (χ1) is 7.17. The number of rotatable bonds is 5. The van der Waals surface area contributed by atoms with Crippen LogP contribution in [-0.2, 0) is 15.9 Å². The topological polar surface area (TPSA) is 38.7 Å². The molecule has 0 aliphatic heterocycles. The minimum absolute atomic E-state index is 0.506. The van der Waals surface area contributed by atoms with Crippen molar-refractivity contribution in [2.75, 3.05) is 14.2 Å². The van der Waals surface area contributed by atoms with Gasteiger partial charge in [-0.2, -0.15) is 0 Å². The molecule has 4 heteroatoms. The Hall–Kier alpha value is -0.420. The molecule has 0 radical (unpaired) electrons. The van der Waals surface area contributed by atoms with E-state index in [-0.39, 0.29) is 0 Å². The van der Waals surface area contributed by atoms with Crippen molar-refractivity contribution in [3.05, 3.63) is 34.3 Å². The first-order valence-corrected chi connectivity index (χ1v) is 5.44. The average molecular weight is 275 g/mol. The highest BCUT2D eigenvalue weighted by atomic mass is 79.9. The molecule has 1 atom stereocenters. The van der Waals surface area contributed by atoms with Crippen LogP contribution in [0.15, 0.2) is 28.7 Å². The lowest BCUT2D eigenvalue weighted by molar-refractivity contribution is -0.163. The molecular weight excluding hydrogens is 260 g/mol. The molecule has 0 saturated carbocycles. The number of ether oxygens (including phenoxy) is 2. The molecule has 1 N–H and O–H groups in total. The fourth-order valence-corrected chi connectivity index (χ4v) is 1.86. The molecule has 0 amide bonds. The Kier molecular flexibility index (Phi) is 5.25. The third-order valence-electron chi connectivity index (χ3n) is 2.11. The Labute approximate surface area is 98.1 Å². The second-order valence-corrected chi connectivity index (χ2v) is 4.16. The monoisotopic (exact) mass is 274 g/mol. The SMILES string of the molecule is COC(OC)C(O)Cc1cccc(Br)c1. The number of methoxy groups -OCH3 is 2. The summed E-state index contributed by atoms with van der Waals surface area (Å²) in [5.41, 5.74) is 1.04. The molecule has 0 aliphatic rings. The van der Waals surface area contributed by atoms with Crippen LogP contribution >= 0.6 is 15.9 Å². The van der Waals surface area contributed by atoms with Gasteiger partial charge in [0.15, 0.2) is 6.29 Å². The van der Waals surface area contributed by atoms with Gasteiger partial charge in [0.25, 0.3) is 0 Å². The van der Waals surface area contributed by atoms with Gasteiger partial charge in [-0.3, -0.25) is 0 Å². The summed E-state index contributed by atoms with van der Waals surface area (Å²) < 4.78 is 11.0. The average Bonchev–Trinajstić information content (AvgIpc) is 2.19. The summed E-state index contributed by atoms with van der Waals surface area (Å²) in [7, 11) is 3.02. The molecule has 3 nitrogen and oxygen atoms in total. The molecule has 84 valence electrons. The van der Waals surface area contributed by atoms with Crippen molar-refractivity contribution in [3.8, 4) is 0 Å². The van der Waals surface area contributed by atoms with E-state index in [0.29, 0.717) is 6.42 Å². The van der Waals surface area contributed by atoms with Crippen molar-refractivity contribution < 1.29 is 14.6 Å². The van der Waals surface area contributed by atoms with E-state index in [2.05, 4.69) is 15.9 Å². The summed E-state index contributed by atoms with van der Waals surface area (Å²) in [6.45, 7) is 0. The first-order valence-electron chi connectivity index (χ1n) is 4.65. The van der Waals surface area contributed by atoms with E-state index >= 15 is 0 Å². The summed E-state index contributed by atoms with van der Waals surface area (Å²) in [5.74, 6) is 0. The number of aliphatic hydroxyl groups excluding tert-OH is 1. The number of aliphatic hydroxyl groups is 1. The van der Waals surface area contributed by atoms with Gasteiger partial charge in [-0.1, -0.05) is 28.1 Å².